The predicted octanol–water partition coefficient (Wildman–Crippen LogP) is 1.25. The van der Waals surface area contributed by atoms with Crippen LogP contribution in [-0.2, 0) is 99.3 Å². The topological polar surface area (TPSA) is 550 Å². The number of fused-ring (bicyclic) bond motifs is 5. The molecule has 7 heterocycles. The summed E-state index contributed by atoms with van der Waals surface area (Å²) in [6, 6.07) is 18.4. The van der Waals surface area contributed by atoms with E-state index in [-0.39, 0.29) is 74.7 Å². The molecule has 3 fully saturated rings. The highest BCUT2D eigenvalue weighted by molar-refractivity contribution is 7.09. The van der Waals surface area contributed by atoms with Crippen molar-refractivity contribution in [1.29, 1.82) is 0 Å². The minimum atomic E-state index is -2.87. The van der Waals surface area contributed by atoms with Crippen LogP contribution >= 0.6 is 11.3 Å². The largest absolute Gasteiger partial charge is 0.477 e. The number of ether oxygens (including phenoxy) is 6. The van der Waals surface area contributed by atoms with Crippen molar-refractivity contribution in [3.8, 4) is 22.5 Å². The summed E-state index contributed by atoms with van der Waals surface area (Å²) in [4.78, 5) is 124. The van der Waals surface area contributed by atoms with E-state index in [1.54, 1.807) is 127 Å². The van der Waals surface area contributed by atoms with Crippen molar-refractivity contribution in [3.63, 3.8) is 0 Å². The van der Waals surface area contributed by atoms with E-state index in [9.17, 15) is 94.5 Å². The number of carboxylic acids is 1. The number of anilines is 1. The molecular formula is C92H135N15O25S. The van der Waals surface area contributed by atoms with E-state index < -0.39 is 219 Å². The molecule has 4 aliphatic rings. The number of aromatic nitrogens is 7. The fraction of sp³-hybridized carbons (Fsp3) is 0.641. The van der Waals surface area contributed by atoms with E-state index in [0.29, 0.717) is 66.0 Å². The summed E-state index contributed by atoms with van der Waals surface area (Å²) < 4.78 is 38.1. The molecule has 40 nitrogen and oxygen atoms in total. The van der Waals surface area contributed by atoms with E-state index in [0.717, 1.165) is 17.5 Å². The molecule has 41 heteroatoms. The molecule has 0 spiro atoms. The number of carboxylic acid groups (broad SMARTS) is 1. The van der Waals surface area contributed by atoms with Crippen LogP contribution in [0.5, 0.6) is 0 Å². The molecule has 10 rings (SSSR count). The van der Waals surface area contributed by atoms with Gasteiger partial charge in [-0.15, -0.1) is 21.5 Å². The molecular weight excluding hydrogens is 1750 g/mol. The Kier molecular flexibility index (Phi) is 38.1. The molecule has 24 unspecified atom stereocenters. The number of aliphatic carboxylic acids is 1. The molecule has 7 amide bonds. The number of hydrogen-bond acceptors (Lipinski definition) is 31. The molecule has 3 saturated heterocycles. The lowest BCUT2D eigenvalue weighted by Crippen LogP contribution is -2.68. The third-order valence-corrected chi connectivity index (χ3v) is 26.8. The summed E-state index contributed by atoms with van der Waals surface area (Å²) in [5.41, 5.74) is 3.75. The van der Waals surface area contributed by atoms with E-state index >= 15 is 0 Å². The minimum Gasteiger partial charge on any atom is -0.477 e. The number of amides is 7. The van der Waals surface area contributed by atoms with E-state index in [1.807, 2.05) is 63.4 Å². The van der Waals surface area contributed by atoms with Gasteiger partial charge in [0.2, 0.25) is 41.4 Å². The second-order valence-electron chi connectivity index (χ2n) is 36.4. The molecule has 0 bridgehead atoms. The maximum Gasteiger partial charge on any atom is 0.364 e. The average Bonchev–Trinajstić information content (AvgIpc) is 1.73. The predicted molar refractivity (Wildman–Crippen MR) is 483 cm³/mol. The summed E-state index contributed by atoms with van der Waals surface area (Å²) >= 11 is 1.46. The Hall–Kier alpha value is -9.35. The number of likely N-dealkylation sites (tertiary alicyclic amines) is 1. The van der Waals surface area contributed by atoms with Gasteiger partial charge in [0.05, 0.1) is 116 Å². The third kappa shape index (κ3) is 25.9. The number of nitrogens with one attached hydrogen (secondary N) is 4. The zero-order valence-corrected chi connectivity index (χ0v) is 78.9. The minimum absolute atomic E-state index is 0.00795. The van der Waals surface area contributed by atoms with Gasteiger partial charge in [0, 0.05) is 102 Å². The number of methoxy groups -OCH3 is 2. The van der Waals surface area contributed by atoms with Crippen molar-refractivity contribution in [3.05, 3.63) is 118 Å². The number of para-hydroxylation sites is 1. The first-order chi connectivity index (χ1) is 63.1. The van der Waals surface area contributed by atoms with Crippen LogP contribution in [-0.4, -0.2) is 342 Å². The lowest BCUT2D eigenvalue weighted by Gasteiger charge is -2.47. The molecule has 133 heavy (non-hydrogen) atoms. The molecule has 4 aliphatic heterocycles. The van der Waals surface area contributed by atoms with Crippen LogP contribution in [0.2, 0.25) is 0 Å². The van der Waals surface area contributed by atoms with Gasteiger partial charge in [0.25, 0.3) is 5.79 Å². The summed E-state index contributed by atoms with van der Waals surface area (Å²) in [6.45, 7) is 17.5. The molecule has 0 saturated carbocycles. The fourth-order valence-corrected chi connectivity index (χ4v) is 18.7. The van der Waals surface area contributed by atoms with Crippen molar-refractivity contribution in [2.45, 2.75) is 293 Å². The number of carbonyl (C=O) groups excluding carboxylic acids is 7. The molecule has 3 aromatic carbocycles. The highest BCUT2D eigenvalue weighted by Crippen LogP contribution is 2.43. The second kappa shape index (κ2) is 47.9. The molecule has 25 atom stereocenters. The lowest BCUT2D eigenvalue weighted by molar-refractivity contribution is -0.342. The first-order valence-electron chi connectivity index (χ1n) is 45.5. The zero-order valence-electron chi connectivity index (χ0n) is 78.1. The van der Waals surface area contributed by atoms with Gasteiger partial charge in [-0.25, -0.2) is 19.1 Å². The molecule has 0 aliphatic carbocycles. The number of aliphatic hydroxyl groups is 10. The summed E-state index contributed by atoms with van der Waals surface area (Å²) in [6.07, 6.45) is -21.6. The lowest BCUT2D eigenvalue weighted by atomic mass is 9.88. The molecule has 734 valence electrons. The SMILES string of the molecule is CCC(C)C(C(CC(=O)N1CCCC1C(OC)C(C)C(=O)NC(Cc1ccccc1)c1nccs1)OC)N(C)C(=O)C(NC(=O)C(C(C)C)N(C)CC(O)C(O)C(O)C(O)Cn1cc(CCNC(=O)CCC(=O)N2Cc3ccccc3-c3nnn(CC(O)C(O)C4OC(OCC5OC(O[C@H](C)C(C)C)C(O)C(O)C5O)(C(=O)O)CC(O)C4NC(C)=O)c3-c3ccccc32)nn1)C(C)C. The van der Waals surface area contributed by atoms with Crippen LogP contribution in [0.1, 0.15) is 149 Å². The van der Waals surface area contributed by atoms with Crippen molar-refractivity contribution in [1.82, 2.24) is 70.9 Å². The smallest absolute Gasteiger partial charge is 0.364 e. The number of hydrogen-bond donors (Lipinski definition) is 15. The van der Waals surface area contributed by atoms with Gasteiger partial charge < -0.3 is 121 Å². The Morgan fingerprint density at radius 1 is 0.744 bits per heavy atom. The van der Waals surface area contributed by atoms with Crippen LogP contribution in [0, 0.1) is 29.6 Å². The van der Waals surface area contributed by atoms with E-state index in [2.05, 4.69) is 46.9 Å². The zero-order chi connectivity index (χ0) is 97.3. The number of thiazole rings is 1. The van der Waals surface area contributed by atoms with Crippen LogP contribution in [0.25, 0.3) is 22.5 Å². The molecule has 15 N–H and O–H groups in total. The standard InChI is InChI=1S/C92H135N15O25S/c1-16-51(8)76(67(127-14)40-71(115)105-37-24-31-62(105)84(128-15)52(9)86(122)96-60(88-94-36-38-133-88)39-55-25-18-17-19-26-55)103(13)89(124)72(49(4)5)97-87(123)75(50(6)7)102(12)44-64(110)78(116)79(117)65(111)45-104-43-57(98-100-104)34-35-93-69(113)32-33-70(114)106-42-56-27-20-21-28-58(56)73-77(59-29-22-23-30-61(59)106)107(101-99-73)46-66(112)80(118)85-74(95-54(11)108)63(109)41-92(132-85,91(125)126)129-47-68-81(119)82(120)83(121)90(131-68)130-53(10)48(2)3/h17-23,25-30,36,38,43,48-53,60,62-68,72,74-76,78-85,90,109-112,116-121H,16,24,31-35,37,39-42,44-47H2,1-15H3,(H,93,113)(H,95,108)(H,96,122)(H,97,123)(H,125,126)/t51?,52?,53-,60?,62?,63?,64?,65?,66?,67?,68?,72?,74?,75?,76?,78?,79?,80?,81?,82?,83?,84?,85?,90?,92?/m1/s1. The van der Waals surface area contributed by atoms with Gasteiger partial charge in [-0.2, -0.15) is 0 Å². The number of nitrogens with zero attached hydrogens (tertiary/aromatic N) is 11. The third-order valence-electron chi connectivity index (χ3n) is 25.9. The first kappa shape index (κ1) is 106. The van der Waals surface area contributed by atoms with Crippen LogP contribution in [0.3, 0.4) is 0 Å². The Balaban J connectivity index is 0.709. The van der Waals surface area contributed by atoms with Gasteiger partial charge in [-0.05, 0) is 74.1 Å². The molecule has 3 aromatic heterocycles. The van der Waals surface area contributed by atoms with Crippen molar-refractivity contribution < 1.29 is 123 Å². The summed E-state index contributed by atoms with van der Waals surface area (Å²) in [5, 5.41) is 156. The second-order valence-corrected chi connectivity index (χ2v) is 37.4. The van der Waals surface area contributed by atoms with Gasteiger partial charge in [0.15, 0.2) is 6.29 Å². The van der Waals surface area contributed by atoms with Crippen molar-refractivity contribution in [2.24, 2.45) is 29.6 Å². The van der Waals surface area contributed by atoms with Crippen LogP contribution < -0.4 is 26.2 Å². The van der Waals surface area contributed by atoms with Gasteiger partial charge in [-0.3, -0.25) is 38.5 Å². The van der Waals surface area contributed by atoms with Gasteiger partial charge in [-0.1, -0.05) is 152 Å². The van der Waals surface area contributed by atoms with Crippen LogP contribution in [0.4, 0.5) is 5.69 Å². The van der Waals surface area contributed by atoms with E-state index in [1.165, 1.54) is 43.8 Å². The number of likely N-dealkylation sites (N-methyl/N-ethyl adjacent to an activating group) is 2. The number of benzene rings is 3. The summed E-state index contributed by atoms with van der Waals surface area (Å²) in [7, 11) is 6.21. The van der Waals surface area contributed by atoms with Gasteiger partial charge >= 0.3 is 5.97 Å². The highest BCUT2D eigenvalue weighted by Gasteiger charge is 2.58. The Bertz CT molecular complexity index is 4800. The maximum atomic E-state index is 15.0. The average molecular weight is 1880 g/mol. The maximum absolute atomic E-state index is 15.0. The normalized spacial score (nSPS) is 23.8. The number of rotatable bonds is 46. The van der Waals surface area contributed by atoms with Crippen molar-refractivity contribution >= 4 is 64.3 Å². The van der Waals surface area contributed by atoms with Crippen LogP contribution in [0.15, 0.2) is 96.6 Å². The van der Waals surface area contributed by atoms with Crippen molar-refractivity contribution in [2.75, 3.05) is 59.5 Å². The quantitative estimate of drug-likeness (QED) is 0.0256. The molecule has 0 radical (unpaired) electrons. The Morgan fingerprint density at radius 2 is 1.43 bits per heavy atom. The highest BCUT2D eigenvalue weighted by atomic mass is 32.1. The first-order valence-corrected chi connectivity index (χ1v) is 46.4. The Labute approximate surface area is 778 Å². The molecule has 6 aromatic rings. The number of carbonyl (C=O) groups is 8. The fourth-order valence-electron chi connectivity index (χ4n) is 18.0. The van der Waals surface area contributed by atoms with E-state index in [4.69, 9.17) is 28.4 Å². The summed E-state index contributed by atoms with van der Waals surface area (Å²) in [5.74, 6) is -9.74. The Morgan fingerprint density at radius 3 is 2.08 bits per heavy atom. The number of aliphatic hydroxyl groups excluding tert-OH is 10. The monoisotopic (exact) mass is 1880 g/mol. The van der Waals surface area contributed by atoms with Gasteiger partial charge in [0.1, 0.15) is 77.8 Å².